The first-order valence-corrected chi connectivity index (χ1v) is 11.7. The summed E-state index contributed by atoms with van der Waals surface area (Å²) in [5.41, 5.74) is 4.86. The van der Waals surface area contributed by atoms with Crippen molar-refractivity contribution in [3.63, 3.8) is 0 Å². The molecule has 8 heteroatoms. The van der Waals surface area contributed by atoms with Crippen molar-refractivity contribution in [3.05, 3.63) is 59.4 Å². The molecule has 0 spiro atoms. The zero-order chi connectivity index (χ0) is 24.1. The molecule has 178 valence electrons. The highest BCUT2D eigenvalue weighted by atomic mass is 16.5. The number of aromatic nitrogens is 3. The maximum Gasteiger partial charge on any atom is 0.318 e. The number of hydrogen-bond donors (Lipinski definition) is 1. The van der Waals surface area contributed by atoms with Gasteiger partial charge in [-0.15, -0.1) is 0 Å². The Hall–Kier alpha value is -3.52. The van der Waals surface area contributed by atoms with Crippen molar-refractivity contribution < 1.29 is 14.3 Å². The summed E-state index contributed by atoms with van der Waals surface area (Å²) in [7, 11) is 0. The van der Waals surface area contributed by atoms with Crippen LogP contribution in [0.3, 0.4) is 0 Å². The first-order valence-electron chi connectivity index (χ1n) is 11.7. The molecule has 2 aromatic heterocycles. The molecule has 3 aromatic rings. The van der Waals surface area contributed by atoms with Crippen LogP contribution >= 0.6 is 0 Å². The van der Waals surface area contributed by atoms with Crippen LogP contribution in [0, 0.1) is 6.92 Å². The van der Waals surface area contributed by atoms with Gasteiger partial charge in [-0.3, -0.25) is 9.78 Å². The molecule has 1 aliphatic rings. The van der Waals surface area contributed by atoms with E-state index in [1.165, 1.54) is 0 Å². The van der Waals surface area contributed by atoms with Crippen molar-refractivity contribution >= 4 is 17.4 Å². The molecular weight excluding hydrogens is 430 g/mol. The Morgan fingerprint density at radius 1 is 1.15 bits per heavy atom. The van der Waals surface area contributed by atoms with E-state index in [1.807, 2.05) is 44.2 Å². The normalized spacial score (nSPS) is 13.7. The van der Waals surface area contributed by atoms with Crippen molar-refractivity contribution in [2.75, 3.05) is 43.1 Å². The smallest absolute Gasteiger partial charge is 0.318 e. The lowest BCUT2D eigenvalue weighted by Gasteiger charge is -2.28. The number of ether oxygens (including phenoxy) is 2. The minimum atomic E-state index is -0.175. The number of morpholine rings is 1. The second-order valence-corrected chi connectivity index (χ2v) is 8.53. The van der Waals surface area contributed by atoms with Gasteiger partial charge >= 0.3 is 6.01 Å². The third-order valence-corrected chi connectivity index (χ3v) is 5.71. The van der Waals surface area contributed by atoms with Crippen molar-refractivity contribution in [2.24, 2.45) is 0 Å². The van der Waals surface area contributed by atoms with Gasteiger partial charge in [-0.05, 0) is 49.6 Å². The molecule has 0 radical (unpaired) electrons. The van der Waals surface area contributed by atoms with E-state index in [1.54, 1.807) is 12.3 Å². The maximum atomic E-state index is 12.9. The molecule has 1 aromatic carbocycles. The van der Waals surface area contributed by atoms with Crippen molar-refractivity contribution in [1.29, 1.82) is 0 Å². The lowest BCUT2D eigenvalue weighted by atomic mass is 10.0. The molecule has 1 aliphatic heterocycles. The van der Waals surface area contributed by atoms with Gasteiger partial charge in [-0.2, -0.15) is 9.97 Å². The summed E-state index contributed by atoms with van der Waals surface area (Å²) >= 11 is 0. The van der Waals surface area contributed by atoms with E-state index in [2.05, 4.69) is 39.0 Å². The van der Waals surface area contributed by atoms with Gasteiger partial charge in [-0.25, -0.2) is 0 Å². The summed E-state index contributed by atoms with van der Waals surface area (Å²) in [5.74, 6) is 0.881. The topological polar surface area (TPSA) is 89.5 Å². The Labute approximate surface area is 200 Å². The van der Waals surface area contributed by atoms with E-state index in [-0.39, 0.29) is 11.8 Å². The third-order valence-electron chi connectivity index (χ3n) is 5.71. The number of anilines is 2. The number of amides is 1. The van der Waals surface area contributed by atoms with Crippen LogP contribution in [0.15, 0.2) is 42.6 Å². The number of aryl methyl sites for hydroxylation is 1. The molecular formula is C26H31N5O3. The van der Waals surface area contributed by atoms with Crippen LogP contribution in [0.2, 0.25) is 0 Å². The minimum Gasteiger partial charge on any atom is -0.464 e. The minimum absolute atomic E-state index is 0.175. The molecule has 4 rings (SSSR count). The van der Waals surface area contributed by atoms with Gasteiger partial charge in [0.2, 0.25) is 0 Å². The van der Waals surface area contributed by atoms with Gasteiger partial charge < -0.3 is 19.7 Å². The number of nitrogens with one attached hydrogen (secondary N) is 1. The fraction of sp³-hybridized carbons (Fsp3) is 0.385. The van der Waals surface area contributed by atoms with Crippen LogP contribution in [0.5, 0.6) is 6.01 Å². The molecule has 0 bridgehead atoms. The van der Waals surface area contributed by atoms with E-state index in [9.17, 15) is 4.79 Å². The Balaban J connectivity index is 1.64. The van der Waals surface area contributed by atoms with E-state index in [4.69, 9.17) is 9.47 Å². The highest BCUT2D eigenvalue weighted by molar-refractivity contribution is 6.04. The average molecular weight is 462 g/mol. The summed E-state index contributed by atoms with van der Waals surface area (Å²) in [4.78, 5) is 28.7. The molecule has 3 heterocycles. The van der Waals surface area contributed by atoms with Crippen LogP contribution in [0.1, 0.15) is 48.3 Å². The van der Waals surface area contributed by atoms with Crippen LogP contribution in [-0.4, -0.2) is 53.8 Å². The Morgan fingerprint density at radius 2 is 1.94 bits per heavy atom. The average Bonchev–Trinajstić information content (AvgIpc) is 2.86. The summed E-state index contributed by atoms with van der Waals surface area (Å²) in [6.07, 6.45) is 1.67. The molecule has 0 aliphatic carbocycles. The van der Waals surface area contributed by atoms with Gasteiger partial charge in [-0.1, -0.05) is 19.9 Å². The van der Waals surface area contributed by atoms with Gasteiger partial charge in [0.05, 0.1) is 25.5 Å². The van der Waals surface area contributed by atoms with E-state index < -0.39 is 0 Å². The number of benzene rings is 1. The predicted molar refractivity (Wildman–Crippen MR) is 133 cm³/mol. The van der Waals surface area contributed by atoms with Crippen LogP contribution in [-0.2, 0) is 4.74 Å². The van der Waals surface area contributed by atoms with E-state index in [0.717, 1.165) is 41.4 Å². The molecule has 1 amide bonds. The largest absolute Gasteiger partial charge is 0.464 e. The van der Waals surface area contributed by atoms with Crippen LogP contribution in [0.4, 0.5) is 11.5 Å². The van der Waals surface area contributed by atoms with Crippen molar-refractivity contribution in [3.8, 4) is 17.3 Å². The molecule has 8 nitrogen and oxygen atoms in total. The number of hydrogen-bond acceptors (Lipinski definition) is 7. The monoisotopic (exact) mass is 461 g/mol. The molecule has 0 unspecified atom stereocenters. The van der Waals surface area contributed by atoms with Crippen LogP contribution in [0.25, 0.3) is 11.3 Å². The number of pyridine rings is 1. The van der Waals surface area contributed by atoms with E-state index in [0.29, 0.717) is 37.1 Å². The van der Waals surface area contributed by atoms with Crippen molar-refractivity contribution in [1.82, 2.24) is 15.0 Å². The van der Waals surface area contributed by atoms with Crippen LogP contribution < -0.4 is 15.0 Å². The molecule has 1 N–H and O–H groups in total. The Kier molecular flexibility index (Phi) is 7.37. The number of carbonyl (C=O) groups is 1. The lowest BCUT2D eigenvalue weighted by molar-refractivity contribution is 0.102. The first-order chi connectivity index (χ1) is 16.4. The second-order valence-electron chi connectivity index (χ2n) is 8.53. The molecule has 0 atom stereocenters. The lowest BCUT2D eigenvalue weighted by Crippen LogP contribution is -2.36. The fourth-order valence-electron chi connectivity index (χ4n) is 3.78. The zero-order valence-corrected chi connectivity index (χ0v) is 20.2. The molecule has 1 saturated heterocycles. The SMILES string of the molecule is CCOc1nc(-c2cc(NC(=O)c3ccnc(C(C)C)c3)ccc2C)cc(N2CCOCC2)n1. The van der Waals surface area contributed by atoms with Crippen molar-refractivity contribution in [2.45, 2.75) is 33.6 Å². The summed E-state index contributed by atoms with van der Waals surface area (Å²) in [5, 5.41) is 3.01. The highest BCUT2D eigenvalue weighted by Crippen LogP contribution is 2.30. The quantitative estimate of drug-likeness (QED) is 0.556. The summed E-state index contributed by atoms with van der Waals surface area (Å²) < 4.78 is 11.1. The predicted octanol–water partition coefficient (Wildman–Crippen LogP) is 4.46. The molecule has 34 heavy (non-hydrogen) atoms. The maximum absolute atomic E-state index is 12.9. The molecule has 0 saturated carbocycles. The summed E-state index contributed by atoms with van der Waals surface area (Å²) in [6.45, 7) is 11.4. The Morgan fingerprint density at radius 3 is 2.68 bits per heavy atom. The standard InChI is InChI=1S/C26H31N5O3/c1-5-34-26-29-23(16-24(30-26)31-10-12-33-13-11-31)21-15-20(7-6-18(21)4)28-25(32)19-8-9-27-22(14-19)17(2)3/h6-9,14-17H,5,10-13H2,1-4H3,(H,28,32). The number of rotatable bonds is 7. The van der Waals surface area contributed by atoms with Gasteiger partial charge in [0, 0.05) is 47.9 Å². The van der Waals surface area contributed by atoms with E-state index >= 15 is 0 Å². The highest BCUT2D eigenvalue weighted by Gasteiger charge is 2.18. The Bertz CT molecular complexity index is 1160. The number of carbonyl (C=O) groups excluding carboxylic acids is 1. The third kappa shape index (κ3) is 5.51. The zero-order valence-electron chi connectivity index (χ0n) is 20.2. The van der Waals surface area contributed by atoms with Gasteiger partial charge in [0.15, 0.2) is 0 Å². The number of nitrogens with zero attached hydrogens (tertiary/aromatic N) is 4. The van der Waals surface area contributed by atoms with Gasteiger partial charge in [0.25, 0.3) is 5.91 Å². The van der Waals surface area contributed by atoms with Gasteiger partial charge in [0.1, 0.15) is 5.82 Å². The fourth-order valence-corrected chi connectivity index (χ4v) is 3.78. The first kappa shape index (κ1) is 23.6. The second kappa shape index (κ2) is 10.6. The molecule has 1 fully saturated rings. The summed E-state index contributed by atoms with van der Waals surface area (Å²) in [6, 6.07) is 11.7.